The molecule has 1 aromatic heterocycles. The zero-order valence-electron chi connectivity index (χ0n) is 48.4. The lowest BCUT2D eigenvalue weighted by Gasteiger charge is -2.47. The molecule has 0 spiro atoms. The fraction of sp³-hybridized carbons (Fsp3) is 0.457. The molecule has 12 rings (SSSR count). The smallest absolute Gasteiger partial charge is 0.257 e. The van der Waals surface area contributed by atoms with Crippen molar-refractivity contribution in [3.63, 3.8) is 0 Å². The first-order valence-electron chi connectivity index (χ1n) is 28.3. The molecule has 0 saturated heterocycles. The molecule has 74 heavy (non-hydrogen) atoms. The topological polar surface area (TPSA) is 19.6 Å². The van der Waals surface area contributed by atoms with Gasteiger partial charge >= 0.3 is 0 Å². The molecule has 0 fully saturated rings. The minimum Gasteiger partial charge on any atom is -0.440 e. The molecule has 6 aromatic carbocycles. The Kier molecular flexibility index (Phi) is 10.4. The van der Waals surface area contributed by atoms with Crippen LogP contribution in [0.1, 0.15) is 208 Å². The van der Waals surface area contributed by atoms with E-state index in [1.54, 1.807) is 0 Å². The lowest BCUT2D eigenvalue weighted by atomic mass is 9.33. The summed E-state index contributed by atoms with van der Waals surface area (Å²) in [5.74, 6) is 0.960. The normalized spacial score (nSPS) is 20.3. The molecule has 0 radical (unpaired) electrons. The number of rotatable bonds is 3. The van der Waals surface area contributed by atoms with E-state index < -0.39 is 0 Å². The van der Waals surface area contributed by atoms with Gasteiger partial charge in [-0.3, -0.25) is 4.90 Å². The maximum Gasteiger partial charge on any atom is 0.257 e. The first kappa shape index (κ1) is 49.4. The van der Waals surface area contributed by atoms with Crippen LogP contribution in [0, 0.1) is 0 Å². The lowest BCUT2D eigenvalue weighted by molar-refractivity contribution is 0.332. The number of hydrogen-bond donors (Lipinski definition) is 0. The fourth-order valence-electron chi connectivity index (χ4n) is 14.5. The molecule has 0 unspecified atom stereocenters. The number of nitrogens with zero attached hydrogens (tertiary/aromatic N) is 2. The highest BCUT2D eigenvalue weighted by Crippen LogP contribution is 2.55. The first-order valence-corrected chi connectivity index (χ1v) is 28.3. The second kappa shape index (κ2) is 15.6. The molecule has 382 valence electrons. The van der Waals surface area contributed by atoms with Crippen LogP contribution in [0.15, 0.2) is 108 Å². The van der Waals surface area contributed by atoms with Crippen molar-refractivity contribution in [2.24, 2.45) is 0 Å². The van der Waals surface area contributed by atoms with E-state index in [1.165, 1.54) is 112 Å². The number of benzene rings is 6. The highest BCUT2D eigenvalue weighted by atomic mass is 16.4. The van der Waals surface area contributed by atoms with Gasteiger partial charge in [-0.1, -0.05) is 173 Å². The van der Waals surface area contributed by atoms with Gasteiger partial charge in [-0.25, -0.2) is 0 Å². The molecule has 3 heterocycles. The first-order chi connectivity index (χ1) is 34.4. The highest BCUT2D eigenvalue weighted by molar-refractivity contribution is 7.01. The van der Waals surface area contributed by atoms with E-state index in [1.807, 2.05) is 0 Å². The third-order valence-corrected chi connectivity index (χ3v) is 19.8. The summed E-state index contributed by atoms with van der Waals surface area (Å²) >= 11 is 0. The van der Waals surface area contributed by atoms with Gasteiger partial charge in [0.2, 0.25) is 5.88 Å². The van der Waals surface area contributed by atoms with Crippen LogP contribution in [-0.2, 0) is 43.3 Å². The Morgan fingerprint density at radius 2 is 0.919 bits per heavy atom. The molecule has 0 N–H and O–H groups in total. The zero-order valence-corrected chi connectivity index (χ0v) is 48.4. The Bertz CT molecular complexity index is 3480. The van der Waals surface area contributed by atoms with Crippen LogP contribution in [0.5, 0.6) is 0 Å². The predicted octanol–water partition coefficient (Wildman–Crippen LogP) is 17.8. The summed E-state index contributed by atoms with van der Waals surface area (Å²) in [6.07, 6.45) is 6.95. The summed E-state index contributed by atoms with van der Waals surface area (Å²) in [7, 11) is 0. The SMILES string of the molecule is CC(C)(C)c1ccc(N2c3cc4c(cc3B3c5c2cc(-c2ccccc2C(C)(C)C)cc5N(c2ccc5c(c2)C(C)(C)CCC5(C)C)c2oc5cc6c(cc5c23)C(C)(C)CCC6(C)C)C(C)(C)CCC4(C)C)cc1. The Labute approximate surface area is 445 Å². The van der Waals surface area contributed by atoms with Crippen LogP contribution in [0.2, 0.25) is 0 Å². The molecule has 0 saturated carbocycles. The van der Waals surface area contributed by atoms with Gasteiger partial charge in [-0.05, 0) is 203 Å². The van der Waals surface area contributed by atoms with Gasteiger partial charge in [0.25, 0.3) is 6.71 Å². The Hall–Kier alpha value is -5.48. The summed E-state index contributed by atoms with van der Waals surface area (Å²) < 4.78 is 7.77. The van der Waals surface area contributed by atoms with E-state index in [-0.39, 0.29) is 50.0 Å². The second-order valence-electron chi connectivity index (χ2n) is 29.8. The lowest BCUT2D eigenvalue weighted by Crippen LogP contribution is -2.61. The van der Waals surface area contributed by atoms with E-state index in [2.05, 4.69) is 238 Å². The maximum absolute atomic E-state index is 7.77. The quantitative estimate of drug-likeness (QED) is 0.165. The van der Waals surface area contributed by atoms with Crippen LogP contribution in [0.3, 0.4) is 0 Å². The molecule has 2 aliphatic heterocycles. The number of anilines is 6. The molecule has 3 nitrogen and oxygen atoms in total. The maximum atomic E-state index is 7.77. The van der Waals surface area contributed by atoms with E-state index in [4.69, 9.17) is 4.42 Å². The fourth-order valence-corrected chi connectivity index (χ4v) is 14.5. The number of fused-ring (bicyclic) bond motifs is 9. The Balaban J connectivity index is 1.27. The van der Waals surface area contributed by atoms with Gasteiger partial charge in [0.15, 0.2) is 0 Å². The van der Waals surface area contributed by atoms with Crippen LogP contribution < -0.4 is 26.2 Å². The van der Waals surface area contributed by atoms with Crippen molar-refractivity contribution in [1.29, 1.82) is 0 Å². The van der Waals surface area contributed by atoms with Crippen LogP contribution in [0.25, 0.3) is 22.1 Å². The highest BCUT2D eigenvalue weighted by Gasteiger charge is 2.50. The third-order valence-electron chi connectivity index (χ3n) is 19.8. The molecule has 3 aliphatic carbocycles. The van der Waals surface area contributed by atoms with Crippen molar-refractivity contribution >= 4 is 68.4 Å². The van der Waals surface area contributed by atoms with Crippen LogP contribution in [0.4, 0.5) is 34.3 Å². The monoisotopic (exact) mass is 979 g/mol. The molecule has 4 heteroatoms. The second-order valence-corrected chi connectivity index (χ2v) is 29.8. The van der Waals surface area contributed by atoms with Gasteiger partial charge in [0.05, 0.1) is 0 Å². The molecular weight excluding hydrogens is 896 g/mol. The van der Waals surface area contributed by atoms with Gasteiger partial charge in [0, 0.05) is 39.3 Å². The predicted molar refractivity (Wildman–Crippen MR) is 319 cm³/mol. The van der Waals surface area contributed by atoms with Crippen molar-refractivity contribution in [3.8, 4) is 11.1 Å². The summed E-state index contributed by atoms with van der Waals surface area (Å²) in [5.41, 5.74) is 25.3. The average Bonchev–Trinajstić information content (AvgIpc) is 3.76. The molecule has 0 amide bonds. The van der Waals surface area contributed by atoms with Crippen molar-refractivity contribution < 1.29 is 4.42 Å². The number of furan rings is 1. The summed E-state index contributed by atoms with van der Waals surface area (Å²) in [6.45, 7) is 43.6. The summed E-state index contributed by atoms with van der Waals surface area (Å²) in [5, 5.41) is 1.25. The van der Waals surface area contributed by atoms with Crippen molar-refractivity contribution in [2.75, 3.05) is 9.80 Å². The standard InChI is InChI=1S/C70H83BN2O/c1-63(2,3)43-23-25-44(26-24-43)72-56-40-53-52(68(13,14)32-33-69(53,15)16)39-55(56)71-60-47-38-51-54(70(17,18)34-31-67(51,11)12)41-59(47)74-62(60)73(45-27-28-49-50(37-45)66(9,10)30-29-65(49,7)8)58-36-42(35-57(72)61(58)71)46-21-19-20-22-48(46)64(4,5)6/h19-28,35-41H,29-34H2,1-18H3. The van der Waals surface area contributed by atoms with E-state index in [0.717, 1.165) is 43.6 Å². The molecular formula is C70H83BN2O. The average molecular weight is 979 g/mol. The van der Waals surface area contributed by atoms with E-state index in [0.29, 0.717) is 0 Å². The van der Waals surface area contributed by atoms with Crippen LogP contribution >= 0.6 is 0 Å². The molecule has 5 aliphatic rings. The number of hydrogen-bond acceptors (Lipinski definition) is 3. The van der Waals surface area contributed by atoms with Crippen molar-refractivity contribution in [2.45, 2.75) is 206 Å². The minimum atomic E-state index is -0.0867. The van der Waals surface area contributed by atoms with Crippen molar-refractivity contribution in [1.82, 2.24) is 0 Å². The summed E-state index contributed by atoms with van der Waals surface area (Å²) in [6, 6.07) is 41.8. The zero-order chi connectivity index (χ0) is 52.8. The molecule has 0 bridgehead atoms. The Morgan fingerprint density at radius 3 is 1.49 bits per heavy atom. The van der Waals surface area contributed by atoms with Gasteiger partial charge in [-0.2, -0.15) is 0 Å². The van der Waals surface area contributed by atoms with Gasteiger partial charge < -0.3 is 9.32 Å². The van der Waals surface area contributed by atoms with Crippen molar-refractivity contribution in [3.05, 3.63) is 148 Å². The largest absolute Gasteiger partial charge is 0.440 e. The van der Waals surface area contributed by atoms with Gasteiger partial charge in [0.1, 0.15) is 5.58 Å². The molecule has 7 aromatic rings. The van der Waals surface area contributed by atoms with Gasteiger partial charge in [-0.15, -0.1) is 0 Å². The van der Waals surface area contributed by atoms with E-state index >= 15 is 0 Å². The summed E-state index contributed by atoms with van der Waals surface area (Å²) in [4.78, 5) is 5.26. The minimum absolute atomic E-state index is 0.0170. The van der Waals surface area contributed by atoms with Crippen LogP contribution in [-0.4, -0.2) is 6.71 Å². The third kappa shape index (κ3) is 7.32. The van der Waals surface area contributed by atoms with E-state index in [9.17, 15) is 0 Å². The Morgan fingerprint density at radius 1 is 0.432 bits per heavy atom. The molecule has 0 atom stereocenters.